The molecular formula is C24H23N3O2S. The summed E-state index contributed by atoms with van der Waals surface area (Å²) < 4.78 is 13.8. The van der Waals surface area contributed by atoms with Crippen LogP contribution < -0.4 is 9.47 Å². The lowest BCUT2D eigenvalue weighted by Gasteiger charge is -2.26. The van der Waals surface area contributed by atoms with Crippen LogP contribution in [0.5, 0.6) is 11.5 Å². The van der Waals surface area contributed by atoms with Gasteiger partial charge >= 0.3 is 0 Å². The first-order chi connectivity index (χ1) is 14.9. The molecule has 0 spiro atoms. The average Bonchev–Trinajstić information content (AvgIpc) is 3.52. The summed E-state index contributed by atoms with van der Waals surface area (Å²) in [6, 6.07) is 17.3. The van der Waals surface area contributed by atoms with Crippen molar-refractivity contribution in [2.45, 2.75) is 25.4 Å². The van der Waals surface area contributed by atoms with Crippen molar-refractivity contribution in [2.75, 3.05) is 19.8 Å². The highest BCUT2D eigenvalue weighted by Gasteiger charge is 2.29. The summed E-state index contributed by atoms with van der Waals surface area (Å²) in [6.07, 6.45) is 4.50. The van der Waals surface area contributed by atoms with Crippen LogP contribution in [0, 0.1) is 0 Å². The van der Waals surface area contributed by atoms with Gasteiger partial charge in [0.1, 0.15) is 13.2 Å². The zero-order valence-corrected chi connectivity index (χ0v) is 17.5. The second kappa shape index (κ2) is 7.45. The number of hydrogen-bond donors (Lipinski definition) is 0. The molecule has 0 N–H and O–H groups in total. The second-order valence-corrected chi connectivity index (χ2v) is 8.73. The van der Waals surface area contributed by atoms with Gasteiger partial charge in [0.15, 0.2) is 16.5 Å². The van der Waals surface area contributed by atoms with Crippen LogP contribution in [0.3, 0.4) is 0 Å². The molecule has 0 amide bonds. The molecule has 1 saturated heterocycles. The standard InChI is InChI=1S/C24H23N3O2S/c1-2-5-17(6-3-1)23-20(27-11-14-30-24(27)25-23)16-26-10-4-7-19(26)18-8-9-21-22(15-18)29-13-12-28-21/h1-3,5-6,8-9,11,14-15,19H,4,7,10,12-13,16H2. The Kier molecular flexibility index (Phi) is 4.47. The Balaban J connectivity index is 1.35. The number of fused-ring (bicyclic) bond motifs is 2. The molecule has 30 heavy (non-hydrogen) atoms. The Hall–Kier alpha value is -2.83. The van der Waals surface area contributed by atoms with E-state index in [1.165, 1.54) is 23.2 Å². The topological polar surface area (TPSA) is 39.0 Å². The SMILES string of the molecule is c1ccc(-c2nc3sccn3c2CN2CCCC2c2ccc3c(c2)OCCO3)cc1. The third-order valence-electron chi connectivity index (χ3n) is 6.08. The summed E-state index contributed by atoms with van der Waals surface area (Å²) in [7, 11) is 0. The van der Waals surface area contributed by atoms with Gasteiger partial charge in [-0.05, 0) is 37.1 Å². The fraction of sp³-hybridized carbons (Fsp3) is 0.292. The van der Waals surface area contributed by atoms with E-state index >= 15 is 0 Å². The number of imidazole rings is 1. The monoisotopic (exact) mass is 417 g/mol. The van der Waals surface area contributed by atoms with Gasteiger partial charge in [0.25, 0.3) is 0 Å². The molecule has 1 unspecified atom stereocenters. The number of thiazole rings is 1. The largest absolute Gasteiger partial charge is 0.486 e. The van der Waals surface area contributed by atoms with Crippen molar-refractivity contribution < 1.29 is 9.47 Å². The number of rotatable bonds is 4. The van der Waals surface area contributed by atoms with Crippen LogP contribution in [-0.4, -0.2) is 34.0 Å². The Morgan fingerprint density at radius 1 is 1.03 bits per heavy atom. The van der Waals surface area contributed by atoms with E-state index in [1.54, 1.807) is 11.3 Å². The molecule has 2 aliphatic heterocycles. The van der Waals surface area contributed by atoms with Gasteiger partial charge in [0.2, 0.25) is 0 Å². The maximum absolute atomic E-state index is 5.83. The van der Waals surface area contributed by atoms with Gasteiger partial charge in [0.05, 0.1) is 11.4 Å². The van der Waals surface area contributed by atoms with Crippen LogP contribution in [0.4, 0.5) is 0 Å². The Labute approximate surface area is 179 Å². The predicted octanol–water partition coefficient (Wildman–Crippen LogP) is 5.17. The number of benzene rings is 2. The van der Waals surface area contributed by atoms with Crippen LogP contribution in [0.15, 0.2) is 60.1 Å². The van der Waals surface area contributed by atoms with Crippen LogP contribution >= 0.6 is 11.3 Å². The third-order valence-corrected chi connectivity index (χ3v) is 6.83. The van der Waals surface area contributed by atoms with E-state index in [0.29, 0.717) is 19.3 Å². The van der Waals surface area contributed by atoms with Crippen molar-refractivity contribution >= 4 is 16.3 Å². The van der Waals surface area contributed by atoms with Gasteiger partial charge in [-0.3, -0.25) is 9.30 Å². The molecule has 1 atom stereocenters. The maximum atomic E-state index is 5.83. The lowest BCUT2D eigenvalue weighted by Crippen LogP contribution is -2.24. The van der Waals surface area contributed by atoms with E-state index in [9.17, 15) is 0 Å². The lowest BCUT2D eigenvalue weighted by molar-refractivity contribution is 0.170. The molecule has 4 heterocycles. The van der Waals surface area contributed by atoms with Crippen LogP contribution in [0.25, 0.3) is 16.2 Å². The Morgan fingerprint density at radius 3 is 2.80 bits per heavy atom. The van der Waals surface area contributed by atoms with Crippen molar-refractivity contribution in [3.05, 3.63) is 71.4 Å². The molecule has 5 nitrogen and oxygen atoms in total. The summed E-state index contributed by atoms with van der Waals surface area (Å²) in [5.74, 6) is 1.73. The van der Waals surface area contributed by atoms with Gasteiger partial charge in [-0.1, -0.05) is 36.4 Å². The van der Waals surface area contributed by atoms with Crippen molar-refractivity contribution in [1.29, 1.82) is 0 Å². The van der Waals surface area contributed by atoms with E-state index in [-0.39, 0.29) is 0 Å². The van der Waals surface area contributed by atoms with Crippen LogP contribution in [0.1, 0.15) is 30.1 Å². The number of nitrogens with zero attached hydrogens (tertiary/aromatic N) is 3. The molecular weight excluding hydrogens is 394 g/mol. The van der Waals surface area contributed by atoms with E-state index in [1.807, 2.05) is 0 Å². The molecule has 152 valence electrons. The minimum Gasteiger partial charge on any atom is -0.486 e. The van der Waals surface area contributed by atoms with Crippen molar-refractivity contribution in [2.24, 2.45) is 0 Å². The summed E-state index contributed by atoms with van der Waals surface area (Å²) in [5, 5.41) is 2.11. The first-order valence-electron chi connectivity index (χ1n) is 10.5. The van der Waals surface area contributed by atoms with Crippen molar-refractivity contribution in [3.63, 3.8) is 0 Å². The van der Waals surface area contributed by atoms with Crippen LogP contribution in [-0.2, 0) is 6.54 Å². The van der Waals surface area contributed by atoms with E-state index in [2.05, 4.69) is 69.4 Å². The second-order valence-electron chi connectivity index (χ2n) is 7.86. The average molecular weight is 418 g/mol. The fourth-order valence-corrected chi connectivity index (χ4v) is 5.40. The zero-order valence-electron chi connectivity index (χ0n) is 16.7. The quantitative estimate of drug-likeness (QED) is 0.459. The highest BCUT2D eigenvalue weighted by atomic mass is 32.1. The predicted molar refractivity (Wildman–Crippen MR) is 118 cm³/mol. The minimum absolute atomic E-state index is 0.383. The fourth-order valence-electron chi connectivity index (χ4n) is 4.66. The van der Waals surface area contributed by atoms with Crippen molar-refractivity contribution in [1.82, 2.24) is 14.3 Å². The zero-order chi connectivity index (χ0) is 19.9. The Morgan fingerprint density at radius 2 is 1.90 bits per heavy atom. The third kappa shape index (κ3) is 3.07. The summed E-state index contributed by atoms with van der Waals surface area (Å²) in [4.78, 5) is 8.60. The molecule has 6 rings (SSSR count). The highest BCUT2D eigenvalue weighted by molar-refractivity contribution is 7.15. The number of hydrogen-bond acceptors (Lipinski definition) is 5. The molecule has 6 heteroatoms. The molecule has 0 bridgehead atoms. The lowest BCUT2D eigenvalue weighted by atomic mass is 10.0. The first-order valence-corrected chi connectivity index (χ1v) is 11.4. The van der Waals surface area contributed by atoms with Crippen molar-refractivity contribution in [3.8, 4) is 22.8 Å². The normalized spacial score (nSPS) is 18.9. The summed E-state index contributed by atoms with van der Waals surface area (Å²) in [5.41, 5.74) is 4.85. The van der Waals surface area contributed by atoms with Gasteiger partial charge < -0.3 is 9.47 Å². The summed E-state index contributed by atoms with van der Waals surface area (Å²) >= 11 is 1.69. The first kappa shape index (κ1) is 18.0. The smallest absolute Gasteiger partial charge is 0.194 e. The highest BCUT2D eigenvalue weighted by Crippen LogP contribution is 2.39. The molecule has 2 aromatic carbocycles. The van der Waals surface area contributed by atoms with E-state index in [4.69, 9.17) is 14.5 Å². The van der Waals surface area contributed by atoms with E-state index in [0.717, 1.165) is 41.7 Å². The van der Waals surface area contributed by atoms with Gasteiger partial charge in [-0.2, -0.15) is 0 Å². The summed E-state index contributed by atoms with van der Waals surface area (Å²) in [6.45, 7) is 3.21. The van der Waals surface area contributed by atoms with Crippen LogP contribution in [0.2, 0.25) is 0 Å². The number of aromatic nitrogens is 2. The molecule has 0 aliphatic carbocycles. The van der Waals surface area contributed by atoms with Gasteiger partial charge in [-0.25, -0.2) is 4.98 Å². The Bertz CT molecular complexity index is 1180. The van der Waals surface area contributed by atoms with Gasteiger partial charge in [0, 0.05) is 29.7 Å². The molecule has 4 aromatic rings. The maximum Gasteiger partial charge on any atom is 0.194 e. The van der Waals surface area contributed by atoms with E-state index < -0.39 is 0 Å². The number of likely N-dealkylation sites (tertiary alicyclic amines) is 1. The number of ether oxygens (including phenoxy) is 2. The molecule has 0 saturated carbocycles. The molecule has 0 radical (unpaired) electrons. The molecule has 1 fully saturated rings. The minimum atomic E-state index is 0.383. The molecule has 2 aromatic heterocycles. The molecule has 2 aliphatic rings. The van der Waals surface area contributed by atoms with Gasteiger partial charge in [-0.15, -0.1) is 11.3 Å².